The molecule has 0 unspecified atom stereocenters. The minimum Gasteiger partial charge on any atom is -0.481 e. The number of carbonyl (C=O) groups is 4. The van der Waals surface area contributed by atoms with E-state index in [4.69, 9.17) is 5.11 Å². The summed E-state index contributed by atoms with van der Waals surface area (Å²) in [5.41, 5.74) is 0. The van der Waals surface area contributed by atoms with Gasteiger partial charge in [0.2, 0.25) is 11.8 Å². The third-order valence-corrected chi connectivity index (χ3v) is 1.83. The van der Waals surface area contributed by atoms with Crippen molar-refractivity contribution in [3.8, 4) is 0 Å². The molecular formula is C10H17N3O5. The van der Waals surface area contributed by atoms with Crippen molar-refractivity contribution in [2.24, 2.45) is 0 Å². The summed E-state index contributed by atoms with van der Waals surface area (Å²) < 4.78 is 0. The van der Waals surface area contributed by atoms with Gasteiger partial charge in [-0.3, -0.25) is 19.7 Å². The number of amides is 4. The molecule has 0 radical (unpaired) electrons. The molecule has 0 aliphatic rings. The first-order valence-electron chi connectivity index (χ1n) is 5.51. The molecule has 0 aliphatic heterocycles. The molecule has 0 heterocycles. The summed E-state index contributed by atoms with van der Waals surface area (Å²) in [7, 11) is 0. The van der Waals surface area contributed by atoms with Gasteiger partial charge in [-0.1, -0.05) is 0 Å². The van der Waals surface area contributed by atoms with Gasteiger partial charge in [0.1, 0.15) is 0 Å². The lowest BCUT2D eigenvalue weighted by Gasteiger charge is -2.06. The molecular weight excluding hydrogens is 242 g/mol. The van der Waals surface area contributed by atoms with Gasteiger partial charge in [-0.2, -0.15) is 0 Å². The Morgan fingerprint density at radius 1 is 1.00 bits per heavy atom. The zero-order valence-electron chi connectivity index (χ0n) is 10.1. The Morgan fingerprint density at radius 2 is 1.67 bits per heavy atom. The first-order valence-corrected chi connectivity index (χ1v) is 5.51. The number of likely N-dealkylation sites (N-methyl/N-ethyl adjacent to an activating group) is 1. The molecule has 4 amide bonds. The molecule has 0 aromatic carbocycles. The third kappa shape index (κ3) is 9.13. The average Bonchev–Trinajstić information content (AvgIpc) is 2.26. The number of rotatable bonds is 7. The molecule has 0 fully saturated rings. The van der Waals surface area contributed by atoms with Gasteiger partial charge in [-0.15, -0.1) is 0 Å². The summed E-state index contributed by atoms with van der Waals surface area (Å²) in [6, 6.07) is -0.776. The van der Waals surface area contributed by atoms with Crippen molar-refractivity contribution in [1.82, 2.24) is 16.0 Å². The largest absolute Gasteiger partial charge is 0.481 e. The maximum absolute atomic E-state index is 11.1. The Hall–Kier alpha value is -2.12. The van der Waals surface area contributed by atoms with Crippen LogP contribution in [0.1, 0.15) is 26.2 Å². The lowest BCUT2D eigenvalue weighted by molar-refractivity contribution is -0.137. The Morgan fingerprint density at radius 3 is 2.22 bits per heavy atom. The zero-order valence-corrected chi connectivity index (χ0v) is 10.1. The molecule has 0 aromatic heterocycles. The van der Waals surface area contributed by atoms with Gasteiger partial charge in [0, 0.05) is 19.4 Å². The van der Waals surface area contributed by atoms with Crippen LogP contribution < -0.4 is 16.0 Å². The van der Waals surface area contributed by atoms with E-state index < -0.39 is 17.9 Å². The second-order valence-electron chi connectivity index (χ2n) is 3.43. The average molecular weight is 259 g/mol. The van der Waals surface area contributed by atoms with Crippen LogP contribution in [0.15, 0.2) is 0 Å². The number of hydrogen-bond donors (Lipinski definition) is 4. The van der Waals surface area contributed by atoms with Crippen LogP contribution in [-0.2, 0) is 14.4 Å². The van der Waals surface area contributed by atoms with E-state index in [1.54, 1.807) is 6.92 Å². The van der Waals surface area contributed by atoms with E-state index in [0.29, 0.717) is 6.54 Å². The van der Waals surface area contributed by atoms with E-state index in [9.17, 15) is 19.2 Å². The zero-order chi connectivity index (χ0) is 14.0. The van der Waals surface area contributed by atoms with Gasteiger partial charge in [0.25, 0.3) is 0 Å². The molecule has 0 atom stereocenters. The first-order chi connectivity index (χ1) is 8.45. The van der Waals surface area contributed by atoms with Crippen molar-refractivity contribution in [1.29, 1.82) is 0 Å². The monoisotopic (exact) mass is 259 g/mol. The lowest BCUT2D eigenvalue weighted by atomic mass is 10.2. The van der Waals surface area contributed by atoms with Gasteiger partial charge < -0.3 is 15.7 Å². The molecule has 0 spiro atoms. The smallest absolute Gasteiger partial charge is 0.321 e. The Kier molecular flexibility index (Phi) is 7.91. The van der Waals surface area contributed by atoms with E-state index in [0.717, 1.165) is 0 Å². The van der Waals surface area contributed by atoms with Gasteiger partial charge in [-0.25, -0.2) is 4.79 Å². The van der Waals surface area contributed by atoms with Crippen LogP contribution >= 0.6 is 0 Å². The van der Waals surface area contributed by atoms with Gasteiger partial charge in [-0.05, 0) is 13.3 Å². The van der Waals surface area contributed by atoms with Crippen LogP contribution in [0.5, 0.6) is 0 Å². The van der Waals surface area contributed by atoms with Crippen molar-refractivity contribution in [3.05, 3.63) is 0 Å². The molecule has 18 heavy (non-hydrogen) atoms. The number of hydrogen-bond acceptors (Lipinski definition) is 4. The summed E-state index contributed by atoms with van der Waals surface area (Å²) >= 11 is 0. The summed E-state index contributed by atoms with van der Waals surface area (Å²) in [5.74, 6) is -1.93. The molecule has 102 valence electrons. The number of carboxylic acid groups (broad SMARTS) is 1. The van der Waals surface area contributed by atoms with Crippen molar-refractivity contribution >= 4 is 23.8 Å². The predicted octanol–water partition coefficient (Wildman–Crippen LogP) is -0.797. The molecule has 0 aliphatic carbocycles. The SMILES string of the molecule is CCNC(=O)CNC(=O)NC(=O)CCCC(=O)O. The van der Waals surface area contributed by atoms with E-state index >= 15 is 0 Å². The van der Waals surface area contributed by atoms with Crippen molar-refractivity contribution < 1.29 is 24.3 Å². The van der Waals surface area contributed by atoms with E-state index in [1.807, 2.05) is 5.32 Å². The lowest BCUT2D eigenvalue weighted by Crippen LogP contribution is -2.44. The summed E-state index contributed by atoms with van der Waals surface area (Å²) in [6.45, 7) is 1.97. The molecule has 0 rings (SSSR count). The minimum absolute atomic E-state index is 0.0547. The molecule has 0 saturated carbocycles. The second kappa shape index (κ2) is 8.97. The number of imide groups is 1. The quantitative estimate of drug-likeness (QED) is 0.476. The first kappa shape index (κ1) is 15.9. The number of urea groups is 1. The fraction of sp³-hybridized carbons (Fsp3) is 0.600. The fourth-order valence-corrected chi connectivity index (χ4v) is 1.05. The molecule has 0 bridgehead atoms. The second-order valence-corrected chi connectivity index (χ2v) is 3.43. The van der Waals surface area contributed by atoms with Crippen molar-refractivity contribution in [3.63, 3.8) is 0 Å². The highest BCUT2D eigenvalue weighted by atomic mass is 16.4. The normalized spacial score (nSPS) is 9.39. The van der Waals surface area contributed by atoms with Crippen LogP contribution in [0.2, 0.25) is 0 Å². The van der Waals surface area contributed by atoms with Crippen LogP contribution in [0.25, 0.3) is 0 Å². The predicted molar refractivity (Wildman–Crippen MR) is 61.7 cm³/mol. The van der Waals surface area contributed by atoms with Gasteiger partial charge >= 0.3 is 12.0 Å². The maximum Gasteiger partial charge on any atom is 0.321 e. The number of nitrogens with one attached hydrogen (secondary N) is 3. The van der Waals surface area contributed by atoms with E-state index in [-0.39, 0.29) is 31.7 Å². The maximum atomic E-state index is 11.1. The highest BCUT2D eigenvalue weighted by Gasteiger charge is 2.09. The summed E-state index contributed by atoms with van der Waals surface area (Å²) in [6.07, 6.45) is -0.0282. The van der Waals surface area contributed by atoms with Crippen molar-refractivity contribution in [2.75, 3.05) is 13.1 Å². The minimum atomic E-state index is -0.997. The molecule has 0 aromatic rings. The molecule has 8 heteroatoms. The fourth-order valence-electron chi connectivity index (χ4n) is 1.05. The molecule has 0 saturated heterocycles. The van der Waals surface area contributed by atoms with Gasteiger partial charge in [0.15, 0.2) is 0 Å². The molecule has 4 N–H and O–H groups in total. The van der Waals surface area contributed by atoms with Crippen LogP contribution in [0, 0.1) is 0 Å². The molecule has 8 nitrogen and oxygen atoms in total. The topological polar surface area (TPSA) is 125 Å². The number of aliphatic carboxylic acids is 1. The number of carbonyl (C=O) groups excluding carboxylic acids is 3. The Labute approximate surface area is 104 Å². The van der Waals surface area contributed by atoms with Crippen LogP contribution in [0.3, 0.4) is 0 Å². The summed E-state index contributed by atoms with van der Waals surface area (Å²) in [4.78, 5) is 43.4. The standard InChI is InChI=1S/C10H17N3O5/c1-2-11-8(15)6-12-10(18)13-7(14)4-3-5-9(16)17/h2-6H2,1H3,(H,11,15)(H,16,17)(H2,12,13,14,18). The van der Waals surface area contributed by atoms with E-state index in [2.05, 4.69) is 10.6 Å². The Bertz CT molecular complexity index is 329. The van der Waals surface area contributed by atoms with Crippen molar-refractivity contribution in [2.45, 2.75) is 26.2 Å². The highest BCUT2D eigenvalue weighted by Crippen LogP contribution is 1.94. The Balaban J connectivity index is 3.70. The van der Waals surface area contributed by atoms with Crippen LogP contribution in [-0.4, -0.2) is 42.0 Å². The highest BCUT2D eigenvalue weighted by molar-refractivity contribution is 5.95. The van der Waals surface area contributed by atoms with Gasteiger partial charge in [0.05, 0.1) is 6.54 Å². The third-order valence-electron chi connectivity index (χ3n) is 1.83. The van der Waals surface area contributed by atoms with E-state index in [1.165, 1.54) is 0 Å². The number of carboxylic acids is 1. The summed E-state index contributed by atoms with van der Waals surface area (Å²) in [5, 5.41) is 15.0. The van der Waals surface area contributed by atoms with Crippen LogP contribution in [0.4, 0.5) is 4.79 Å².